The van der Waals surface area contributed by atoms with Crippen LogP contribution in [0, 0.1) is 5.92 Å². The Morgan fingerprint density at radius 1 is 0.923 bits per heavy atom. The van der Waals surface area contributed by atoms with E-state index in [1.807, 2.05) is 0 Å². The van der Waals surface area contributed by atoms with Gasteiger partial charge in [0, 0.05) is 0 Å². The molecule has 0 unspecified atom stereocenters. The molecule has 13 heavy (non-hydrogen) atoms. The van der Waals surface area contributed by atoms with E-state index in [1.54, 1.807) is 0 Å². The maximum absolute atomic E-state index is 2.35. The minimum absolute atomic E-state index is 0.816. The third-order valence-electron chi connectivity index (χ3n) is 2.25. The zero-order chi connectivity index (χ0) is 9.94. The predicted octanol–water partition coefficient (Wildman–Crippen LogP) is 4.95. The summed E-state index contributed by atoms with van der Waals surface area (Å²) in [7, 11) is 0. The van der Waals surface area contributed by atoms with Gasteiger partial charge in [-0.25, -0.2) is 0 Å². The maximum Gasteiger partial charge on any atom is -0.0327 e. The van der Waals surface area contributed by atoms with E-state index >= 15 is 0 Å². The molecule has 0 N–H and O–H groups in total. The highest BCUT2D eigenvalue weighted by molar-refractivity contribution is 4.82. The molecule has 0 fully saturated rings. The van der Waals surface area contributed by atoms with Gasteiger partial charge >= 0.3 is 0 Å². The molecule has 78 valence electrons. The third kappa shape index (κ3) is 11.7. The normalized spacial score (nSPS) is 11.7. The molecule has 0 bridgehead atoms. The molecule has 0 aliphatic heterocycles. The summed E-state index contributed by atoms with van der Waals surface area (Å²) in [5.74, 6) is 0.816. The van der Waals surface area contributed by atoms with Crippen LogP contribution in [0.4, 0.5) is 0 Å². The summed E-state index contributed by atoms with van der Waals surface area (Å²) < 4.78 is 0. The zero-order valence-electron chi connectivity index (χ0n) is 9.68. The van der Waals surface area contributed by atoms with Crippen molar-refractivity contribution in [1.29, 1.82) is 0 Å². The van der Waals surface area contributed by atoms with Gasteiger partial charge in [-0.15, -0.1) is 0 Å². The molecule has 0 saturated heterocycles. The second kappa shape index (κ2) is 9.83. The lowest BCUT2D eigenvalue weighted by molar-refractivity contribution is 0.633. The molecule has 0 aliphatic rings. The van der Waals surface area contributed by atoms with E-state index < -0.39 is 0 Å². The quantitative estimate of drug-likeness (QED) is 0.368. The van der Waals surface area contributed by atoms with Gasteiger partial charge in [-0.2, -0.15) is 0 Å². The average Bonchev–Trinajstić information content (AvgIpc) is 2.09. The first kappa shape index (κ1) is 12.7. The van der Waals surface area contributed by atoms with Crippen LogP contribution in [-0.4, -0.2) is 0 Å². The molecular weight excluding hydrogens is 156 g/mol. The summed E-state index contributed by atoms with van der Waals surface area (Å²) in [5.41, 5.74) is 0. The van der Waals surface area contributed by atoms with Crippen LogP contribution in [0.2, 0.25) is 0 Å². The number of rotatable bonds is 8. The molecule has 0 heterocycles. The van der Waals surface area contributed by atoms with E-state index in [4.69, 9.17) is 0 Å². The van der Waals surface area contributed by atoms with Crippen molar-refractivity contribution in [3.8, 4) is 0 Å². The Balaban J connectivity index is 3.02. The fraction of sp³-hybridized carbons (Fsp3) is 0.846. The summed E-state index contributed by atoms with van der Waals surface area (Å²) in [6.07, 6.45) is 14.2. The van der Waals surface area contributed by atoms with Gasteiger partial charge in [0.05, 0.1) is 0 Å². The number of hydrogen-bond donors (Lipinski definition) is 0. The van der Waals surface area contributed by atoms with E-state index in [0.29, 0.717) is 0 Å². The highest BCUT2D eigenvalue weighted by Crippen LogP contribution is 2.06. The number of unbranched alkanes of at least 4 members (excludes halogenated alkanes) is 5. The largest absolute Gasteiger partial charge is 0.0885 e. The van der Waals surface area contributed by atoms with Gasteiger partial charge in [-0.3, -0.25) is 0 Å². The molecule has 0 nitrogen and oxygen atoms in total. The Bertz CT molecular complexity index is 111. The van der Waals surface area contributed by atoms with Crippen LogP contribution in [0.15, 0.2) is 12.2 Å². The predicted molar refractivity (Wildman–Crippen MR) is 62.0 cm³/mol. The first-order chi connectivity index (χ1) is 6.27. The van der Waals surface area contributed by atoms with Gasteiger partial charge in [-0.05, 0) is 25.2 Å². The van der Waals surface area contributed by atoms with E-state index in [0.717, 1.165) is 5.92 Å². The molecule has 0 amide bonds. The minimum atomic E-state index is 0.816. The van der Waals surface area contributed by atoms with Crippen molar-refractivity contribution < 1.29 is 0 Å². The molecular formula is C13H26. The number of allylic oxidation sites excluding steroid dienone is 2. The summed E-state index contributed by atoms with van der Waals surface area (Å²) in [4.78, 5) is 0. The molecule has 0 aliphatic carbocycles. The summed E-state index contributed by atoms with van der Waals surface area (Å²) in [6.45, 7) is 6.81. The zero-order valence-corrected chi connectivity index (χ0v) is 9.68. The Labute approximate surface area is 84.4 Å². The van der Waals surface area contributed by atoms with Crippen LogP contribution in [0.3, 0.4) is 0 Å². The highest BCUT2D eigenvalue weighted by Gasteiger charge is 1.88. The smallest absolute Gasteiger partial charge is 0.0327 e. The van der Waals surface area contributed by atoms with Crippen molar-refractivity contribution in [2.45, 2.75) is 65.7 Å². The first-order valence-corrected chi connectivity index (χ1v) is 5.92. The molecule has 0 aromatic rings. The van der Waals surface area contributed by atoms with Gasteiger partial charge in [-0.1, -0.05) is 58.6 Å². The van der Waals surface area contributed by atoms with E-state index in [9.17, 15) is 0 Å². The topological polar surface area (TPSA) is 0 Å². The van der Waals surface area contributed by atoms with Crippen molar-refractivity contribution in [2.24, 2.45) is 5.92 Å². The Morgan fingerprint density at radius 2 is 1.62 bits per heavy atom. The first-order valence-electron chi connectivity index (χ1n) is 5.92. The van der Waals surface area contributed by atoms with Gasteiger partial charge in [0.25, 0.3) is 0 Å². The number of hydrogen-bond acceptors (Lipinski definition) is 0. The fourth-order valence-corrected chi connectivity index (χ4v) is 1.35. The maximum atomic E-state index is 2.35. The van der Waals surface area contributed by atoms with Crippen molar-refractivity contribution in [1.82, 2.24) is 0 Å². The average molecular weight is 182 g/mol. The van der Waals surface area contributed by atoms with Gasteiger partial charge < -0.3 is 0 Å². The molecule has 0 aromatic heterocycles. The summed E-state index contributed by atoms with van der Waals surface area (Å²) >= 11 is 0. The minimum Gasteiger partial charge on any atom is -0.0885 e. The monoisotopic (exact) mass is 182 g/mol. The molecule has 0 aromatic carbocycles. The van der Waals surface area contributed by atoms with Gasteiger partial charge in [0.15, 0.2) is 0 Å². The van der Waals surface area contributed by atoms with Crippen molar-refractivity contribution >= 4 is 0 Å². The van der Waals surface area contributed by atoms with Crippen LogP contribution in [-0.2, 0) is 0 Å². The lowest BCUT2D eigenvalue weighted by atomic mass is 10.1. The van der Waals surface area contributed by atoms with Crippen LogP contribution < -0.4 is 0 Å². The van der Waals surface area contributed by atoms with E-state index in [-0.39, 0.29) is 0 Å². The second-order valence-corrected chi connectivity index (χ2v) is 4.30. The lowest BCUT2D eigenvalue weighted by Crippen LogP contribution is -1.81. The van der Waals surface area contributed by atoms with Crippen molar-refractivity contribution in [2.75, 3.05) is 0 Å². The molecule has 0 rings (SSSR count). The third-order valence-corrected chi connectivity index (χ3v) is 2.25. The molecule has 0 saturated carbocycles. The molecule has 0 atom stereocenters. The summed E-state index contributed by atoms with van der Waals surface area (Å²) in [6, 6.07) is 0. The summed E-state index contributed by atoms with van der Waals surface area (Å²) in [5, 5.41) is 0. The van der Waals surface area contributed by atoms with E-state index in [2.05, 4.69) is 32.9 Å². The van der Waals surface area contributed by atoms with Gasteiger partial charge in [0.2, 0.25) is 0 Å². The highest BCUT2D eigenvalue weighted by atomic mass is 13.9. The van der Waals surface area contributed by atoms with Crippen LogP contribution in [0.5, 0.6) is 0 Å². The molecule has 0 heteroatoms. The SMILES string of the molecule is CCCCCCC/C=C\CC(C)C. The Morgan fingerprint density at radius 3 is 2.23 bits per heavy atom. The standard InChI is InChI=1S/C13H26/c1-4-5-6-7-8-9-10-11-12-13(2)3/h10-11,13H,4-9,12H2,1-3H3/b11-10-. The van der Waals surface area contributed by atoms with Crippen molar-refractivity contribution in [3.63, 3.8) is 0 Å². The lowest BCUT2D eigenvalue weighted by Gasteiger charge is -1.98. The van der Waals surface area contributed by atoms with Crippen LogP contribution in [0.25, 0.3) is 0 Å². The van der Waals surface area contributed by atoms with Crippen LogP contribution in [0.1, 0.15) is 65.7 Å². The van der Waals surface area contributed by atoms with Crippen molar-refractivity contribution in [3.05, 3.63) is 12.2 Å². The van der Waals surface area contributed by atoms with E-state index in [1.165, 1.54) is 44.9 Å². The molecule has 0 spiro atoms. The fourth-order valence-electron chi connectivity index (χ4n) is 1.35. The second-order valence-electron chi connectivity index (χ2n) is 4.30. The van der Waals surface area contributed by atoms with Crippen LogP contribution >= 0.6 is 0 Å². The Hall–Kier alpha value is -0.260. The Kier molecular flexibility index (Phi) is 9.63. The van der Waals surface area contributed by atoms with Gasteiger partial charge in [0.1, 0.15) is 0 Å². The molecule has 0 radical (unpaired) electrons.